The van der Waals surface area contributed by atoms with E-state index < -0.39 is 5.82 Å². The van der Waals surface area contributed by atoms with Crippen molar-refractivity contribution >= 4 is 27.7 Å². The molecular formula is C14H16BrFN4. The van der Waals surface area contributed by atoms with Crippen molar-refractivity contribution in [2.45, 2.75) is 19.9 Å². The molecule has 0 spiro atoms. The van der Waals surface area contributed by atoms with Crippen molar-refractivity contribution in [3.63, 3.8) is 0 Å². The summed E-state index contributed by atoms with van der Waals surface area (Å²) in [5, 5.41) is 6.02. The van der Waals surface area contributed by atoms with Crippen LogP contribution in [0.25, 0.3) is 0 Å². The number of benzene rings is 1. The van der Waals surface area contributed by atoms with E-state index in [2.05, 4.69) is 36.5 Å². The van der Waals surface area contributed by atoms with E-state index in [0.717, 1.165) is 23.0 Å². The summed E-state index contributed by atoms with van der Waals surface area (Å²) in [6.45, 7) is 3.31. The topological polar surface area (TPSA) is 49.8 Å². The Hall–Kier alpha value is -1.69. The fraction of sp³-hybridized carbons (Fsp3) is 0.286. The van der Waals surface area contributed by atoms with Crippen LogP contribution in [0.15, 0.2) is 34.9 Å². The molecule has 4 nitrogen and oxygen atoms in total. The minimum absolute atomic E-state index is 0.207. The van der Waals surface area contributed by atoms with E-state index in [0.29, 0.717) is 12.5 Å². The van der Waals surface area contributed by atoms with Gasteiger partial charge in [0.05, 0.1) is 6.20 Å². The smallest absolute Gasteiger partial charge is 0.224 e. The van der Waals surface area contributed by atoms with Crippen LogP contribution in [0.4, 0.5) is 16.2 Å². The van der Waals surface area contributed by atoms with Gasteiger partial charge < -0.3 is 10.6 Å². The van der Waals surface area contributed by atoms with Gasteiger partial charge in [0.1, 0.15) is 0 Å². The van der Waals surface area contributed by atoms with Gasteiger partial charge in [-0.2, -0.15) is 4.98 Å². The Morgan fingerprint density at radius 2 is 2.15 bits per heavy atom. The summed E-state index contributed by atoms with van der Waals surface area (Å²) in [7, 11) is 0. The molecule has 1 heterocycles. The molecule has 0 bridgehead atoms. The molecule has 0 saturated carbocycles. The fourth-order valence-electron chi connectivity index (χ4n) is 1.65. The van der Waals surface area contributed by atoms with Crippen molar-refractivity contribution in [2.75, 3.05) is 17.2 Å². The zero-order chi connectivity index (χ0) is 14.4. The lowest BCUT2D eigenvalue weighted by molar-refractivity contribution is 0.617. The quantitative estimate of drug-likeness (QED) is 0.840. The molecule has 0 atom stereocenters. The normalized spacial score (nSPS) is 10.3. The summed E-state index contributed by atoms with van der Waals surface area (Å²) in [6, 6.07) is 7.82. The van der Waals surface area contributed by atoms with Crippen LogP contribution in [-0.4, -0.2) is 16.5 Å². The number of anilines is 2. The largest absolute Gasteiger partial charge is 0.363 e. The van der Waals surface area contributed by atoms with Gasteiger partial charge in [-0.25, -0.2) is 9.37 Å². The molecule has 1 aromatic carbocycles. The van der Waals surface area contributed by atoms with Gasteiger partial charge in [0, 0.05) is 17.6 Å². The van der Waals surface area contributed by atoms with Gasteiger partial charge in [-0.05, 0) is 24.1 Å². The molecule has 6 heteroatoms. The Bertz CT molecular complexity index is 577. The van der Waals surface area contributed by atoms with Gasteiger partial charge in [-0.3, -0.25) is 0 Å². The summed E-state index contributed by atoms with van der Waals surface area (Å²) in [4.78, 5) is 8.03. The zero-order valence-electron chi connectivity index (χ0n) is 11.2. The van der Waals surface area contributed by atoms with E-state index in [1.165, 1.54) is 6.20 Å². The van der Waals surface area contributed by atoms with Gasteiger partial charge in [-0.1, -0.05) is 35.0 Å². The van der Waals surface area contributed by atoms with Crippen LogP contribution in [0.1, 0.15) is 18.9 Å². The molecule has 0 aliphatic heterocycles. The highest BCUT2D eigenvalue weighted by Crippen LogP contribution is 2.15. The highest BCUT2D eigenvalue weighted by atomic mass is 79.9. The first kappa shape index (κ1) is 14.7. The van der Waals surface area contributed by atoms with Crippen molar-refractivity contribution < 1.29 is 4.39 Å². The van der Waals surface area contributed by atoms with Gasteiger partial charge in [0.2, 0.25) is 5.95 Å². The predicted octanol–water partition coefficient (Wildman–Crippen LogP) is 3.81. The van der Waals surface area contributed by atoms with Crippen molar-refractivity contribution in [2.24, 2.45) is 0 Å². The lowest BCUT2D eigenvalue weighted by Gasteiger charge is -2.09. The van der Waals surface area contributed by atoms with Crippen molar-refractivity contribution in [3.05, 3.63) is 46.3 Å². The van der Waals surface area contributed by atoms with Crippen LogP contribution in [0.3, 0.4) is 0 Å². The molecule has 0 amide bonds. The summed E-state index contributed by atoms with van der Waals surface area (Å²) in [5.41, 5.74) is 1.04. The molecule has 1 aromatic heterocycles. The molecule has 2 aromatic rings. The number of aromatic nitrogens is 2. The number of rotatable bonds is 6. The van der Waals surface area contributed by atoms with Crippen molar-refractivity contribution in [3.8, 4) is 0 Å². The lowest BCUT2D eigenvalue weighted by atomic mass is 10.2. The number of halogens is 2. The van der Waals surface area contributed by atoms with E-state index >= 15 is 0 Å². The summed E-state index contributed by atoms with van der Waals surface area (Å²) in [6.07, 6.45) is 2.13. The minimum Gasteiger partial charge on any atom is -0.363 e. The Labute approximate surface area is 126 Å². The molecule has 0 fully saturated rings. The van der Waals surface area contributed by atoms with E-state index in [1.807, 2.05) is 31.2 Å². The monoisotopic (exact) mass is 338 g/mol. The van der Waals surface area contributed by atoms with Gasteiger partial charge >= 0.3 is 0 Å². The second-order valence-electron chi connectivity index (χ2n) is 4.30. The molecule has 0 unspecified atom stereocenters. The van der Waals surface area contributed by atoms with Crippen molar-refractivity contribution in [1.29, 1.82) is 0 Å². The second-order valence-corrected chi connectivity index (χ2v) is 5.22. The maximum absolute atomic E-state index is 13.6. The molecule has 2 rings (SSSR count). The third-order valence-electron chi connectivity index (χ3n) is 2.63. The average Bonchev–Trinajstić information content (AvgIpc) is 2.45. The summed E-state index contributed by atoms with van der Waals surface area (Å²) >= 11 is 3.41. The van der Waals surface area contributed by atoms with Crippen molar-refractivity contribution in [1.82, 2.24) is 9.97 Å². The number of nitrogens with zero attached hydrogens (tertiary/aromatic N) is 2. The molecular weight excluding hydrogens is 323 g/mol. The Morgan fingerprint density at radius 3 is 2.90 bits per heavy atom. The molecule has 106 valence electrons. The maximum Gasteiger partial charge on any atom is 0.224 e. The fourth-order valence-corrected chi connectivity index (χ4v) is 2.09. The highest BCUT2D eigenvalue weighted by Gasteiger charge is 2.06. The van der Waals surface area contributed by atoms with E-state index in [4.69, 9.17) is 0 Å². The lowest BCUT2D eigenvalue weighted by Crippen LogP contribution is -2.09. The number of hydrogen-bond donors (Lipinski definition) is 2. The van der Waals surface area contributed by atoms with E-state index in [9.17, 15) is 4.39 Å². The van der Waals surface area contributed by atoms with Crippen LogP contribution in [0.2, 0.25) is 0 Å². The third-order valence-corrected chi connectivity index (χ3v) is 3.12. The van der Waals surface area contributed by atoms with Crippen LogP contribution in [-0.2, 0) is 6.54 Å². The van der Waals surface area contributed by atoms with Gasteiger partial charge in [-0.15, -0.1) is 0 Å². The molecule has 2 N–H and O–H groups in total. The van der Waals surface area contributed by atoms with Crippen LogP contribution in [0, 0.1) is 5.82 Å². The Morgan fingerprint density at radius 1 is 1.30 bits per heavy atom. The number of nitrogens with one attached hydrogen (secondary N) is 2. The SMILES string of the molecule is CCCNc1ncc(F)c(NCc2cccc(Br)c2)n1. The van der Waals surface area contributed by atoms with E-state index in [1.54, 1.807) is 0 Å². The molecule has 0 radical (unpaired) electrons. The van der Waals surface area contributed by atoms with Crippen LogP contribution in [0.5, 0.6) is 0 Å². The predicted molar refractivity (Wildman–Crippen MR) is 82.2 cm³/mol. The summed E-state index contributed by atoms with van der Waals surface area (Å²) in [5.74, 6) is 0.186. The second kappa shape index (κ2) is 7.19. The van der Waals surface area contributed by atoms with Gasteiger partial charge in [0.15, 0.2) is 11.6 Å². The molecule has 0 aliphatic rings. The third kappa shape index (κ3) is 4.16. The Kier molecular flexibility index (Phi) is 5.29. The summed E-state index contributed by atoms with van der Waals surface area (Å²) < 4.78 is 14.6. The minimum atomic E-state index is -0.456. The highest BCUT2D eigenvalue weighted by molar-refractivity contribution is 9.10. The maximum atomic E-state index is 13.6. The first-order valence-corrected chi connectivity index (χ1v) is 7.23. The first-order valence-electron chi connectivity index (χ1n) is 6.43. The molecule has 0 aliphatic carbocycles. The number of hydrogen-bond acceptors (Lipinski definition) is 4. The first-order chi connectivity index (χ1) is 9.69. The van der Waals surface area contributed by atoms with E-state index in [-0.39, 0.29) is 5.82 Å². The molecule has 0 saturated heterocycles. The Balaban J connectivity index is 2.04. The average molecular weight is 339 g/mol. The standard InChI is InChI=1S/C14H16BrFN4/c1-2-6-17-14-19-9-12(16)13(20-14)18-8-10-4-3-5-11(15)7-10/h3-5,7,9H,2,6,8H2,1H3,(H2,17,18,19,20). The molecule has 20 heavy (non-hydrogen) atoms. The zero-order valence-corrected chi connectivity index (χ0v) is 12.7. The van der Waals surface area contributed by atoms with Crippen LogP contribution < -0.4 is 10.6 Å². The van der Waals surface area contributed by atoms with Gasteiger partial charge in [0.25, 0.3) is 0 Å². The van der Waals surface area contributed by atoms with Crippen LogP contribution >= 0.6 is 15.9 Å².